The maximum absolute atomic E-state index is 4.37. The summed E-state index contributed by atoms with van der Waals surface area (Å²) in [5.74, 6) is 0. The molecule has 0 bridgehead atoms. The maximum atomic E-state index is 4.37. The van der Waals surface area contributed by atoms with Gasteiger partial charge in [0.05, 0.1) is 11.4 Å². The molecule has 0 saturated heterocycles. The van der Waals surface area contributed by atoms with E-state index < -0.39 is 0 Å². The van der Waals surface area contributed by atoms with Gasteiger partial charge in [0.2, 0.25) is 0 Å². The zero-order valence-corrected chi connectivity index (χ0v) is 16.1. The average molecular weight is 335 g/mol. The van der Waals surface area contributed by atoms with Crippen LogP contribution in [0, 0.1) is 0 Å². The second-order valence-electron chi connectivity index (χ2n) is 6.05. The minimum atomic E-state index is 0.873. The summed E-state index contributed by atoms with van der Waals surface area (Å²) in [5.41, 5.74) is 10.7. The topological polar surface area (TPSA) is 36.8 Å². The Balaban J connectivity index is 0.000000299. The smallest absolute Gasteiger partial charge is 0.0726 e. The summed E-state index contributed by atoms with van der Waals surface area (Å²) in [6, 6.07) is 8.24. The third-order valence-electron chi connectivity index (χ3n) is 3.79. The van der Waals surface area contributed by atoms with E-state index in [0.29, 0.717) is 0 Å². The Morgan fingerprint density at radius 1 is 1.16 bits per heavy atom. The molecule has 2 rings (SSSR count). The Bertz CT molecular complexity index is 746. The summed E-state index contributed by atoms with van der Waals surface area (Å²) in [6.07, 6.45) is 6.90. The van der Waals surface area contributed by atoms with Crippen molar-refractivity contribution in [2.24, 2.45) is 10.1 Å². The van der Waals surface area contributed by atoms with Crippen LogP contribution < -0.4 is 5.43 Å². The van der Waals surface area contributed by atoms with Crippen molar-refractivity contribution in [3.05, 3.63) is 77.9 Å². The van der Waals surface area contributed by atoms with Crippen molar-refractivity contribution in [1.29, 1.82) is 0 Å². The molecule has 0 spiro atoms. The van der Waals surface area contributed by atoms with E-state index in [1.54, 1.807) is 7.05 Å². The Morgan fingerprint density at radius 3 is 2.36 bits per heavy atom. The van der Waals surface area contributed by atoms with Crippen molar-refractivity contribution in [3.63, 3.8) is 0 Å². The first-order chi connectivity index (χ1) is 11.9. The van der Waals surface area contributed by atoms with Gasteiger partial charge >= 0.3 is 0 Å². The van der Waals surface area contributed by atoms with Gasteiger partial charge in [-0.3, -0.25) is 10.4 Å². The standard InChI is InChI=1S/C14H16N2.C8H13N/c1-4-10(2)9-14-13-8-6-5-7-12(13)11(3)15-16-14;1-7(2)5-6-8(3)9-4/h4-8,15H,3,9H2,1-2H3;5-6H,1H2,2-4H3/b10-4+;6-5-,9-8?. The summed E-state index contributed by atoms with van der Waals surface area (Å²) in [5, 5.41) is 4.37. The van der Waals surface area contributed by atoms with Crippen molar-refractivity contribution in [2.45, 2.75) is 34.1 Å². The number of hydrogen-bond acceptors (Lipinski definition) is 3. The molecule has 1 aromatic rings. The molecule has 1 aromatic carbocycles. The molecule has 0 saturated carbocycles. The van der Waals surface area contributed by atoms with Crippen LogP contribution in [-0.4, -0.2) is 18.5 Å². The quantitative estimate of drug-likeness (QED) is 0.438. The van der Waals surface area contributed by atoms with Gasteiger partial charge in [0.25, 0.3) is 0 Å². The zero-order valence-electron chi connectivity index (χ0n) is 16.1. The third kappa shape index (κ3) is 6.76. The molecule has 0 amide bonds. The van der Waals surface area contributed by atoms with Gasteiger partial charge in [0.15, 0.2) is 0 Å². The van der Waals surface area contributed by atoms with Gasteiger partial charge in [-0.05, 0) is 33.8 Å². The number of allylic oxidation sites excluding steroid dienone is 5. The number of aliphatic imine (C=N–C) groups is 1. The summed E-state index contributed by atoms with van der Waals surface area (Å²) in [4.78, 5) is 3.95. The lowest BCUT2D eigenvalue weighted by Crippen LogP contribution is -2.19. The minimum absolute atomic E-state index is 0.873. The fraction of sp³-hybridized carbons (Fsp3) is 0.273. The van der Waals surface area contributed by atoms with Crippen LogP contribution in [0.2, 0.25) is 0 Å². The van der Waals surface area contributed by atoms with E-state index >= 15 is 0 Å². The second kappa shape index (κ2) is 10.2. The third-order valence-corrected chi connectivity index (χ3v) is 3.79. The highest BCUT2D eigenvalue weighted by atomic mass is 15.3. The van der Waals surface area contributed by atoms with Gasteiger partial charge in [0, 0.05) is 30.3 Å². The number of benzene rings is 1. The molecule has 1 aliphatic heterocycles. The van der Waals surface area contributed by atoms with E-state index in [-0.39, 0.29) is 0 Å². The largest absolute Gasteiger partial charge is 0.293 e. The predicted molar refractivity (Wildman–Crippen MR) is 112 cm³/mol. The summed E-state index contributed by atoms with van der Waals surface area (Å²) in [6.45, 7) is 15.8. The van der Waals surface area contributed by atoms with Crippen molar-refractivity contribution in [3.8, 4) is 0 Å². The van der Waals surface area contributed by atoms with Crippen LogP contribution in [0.5, 0.6) is 0 Å². The lowest BCUT2D eigenvalue weighted by Gasteiger charge is -2.19. The highest BCUT2D eigenvalue weighted by molar-refractivity contribution is 6.06. The Labute approximate surface area is 152 Å². The molecule has 25 heavy (non-hydrogen) atoms. The Kier molecular flexibility index (Phi) is 8.34. The van der Waals surface area contributed by atoms with Gasteiger partial charge in [-0.15, -0.1) is 0 Å². The van der Waals surface area contributed by atoms with Crippen LogP contribution in [0.3, 0.4) is 0 Å². The molecule has 0 aromatic heterocycles. The highest BCUT2D eigenvalue weighted by Gasteiger charge is 2.15. The van der Waals surface area contributed by atoms with Crippen molar-refractivity contribution < 1.29 is 0 Å². The van der Waals surface area contributed by atoms with E-state index in [1.165, 1.54) is 11.1 Å². The van der Waals surface area contributed by atoms with Crippen LogP contribution in [-0.2, 0) is 0 Å². The lowest BCUT2D eigenvalue weighted by atomic mass is 9.96. The molecule has 0 aliphatic carbocycles. The fourth-order valence-electron chi connectivity index (χ4n) is 2.09. The molecule has 3 nitrogen and oxygen atoms in total. The van der Waals surface area contributed by atoms with Crippen molar-refractivity contribution >= 4 is 17.1 Å². The SMILES string of the molecule is C=C(C)/C=C\C(C)=NC.C=C1NN=C(C/C(C)=C/C)c2ccccc21. The Hall–Kier alpha value is -2.68. The molecular weight excluding hydrogens is 306 g/mol. The summed E-state index contributed by atoms with van der Waals surface area (Å²) >= 11 is 0. The molecule has 1 heterocycles. The number of hydrogen-bond donors (Lipinski definition) is 1. The Morgan fingerprint density at radius 2 is 1.80 bits per heavy atom. The second-order valence-corrected chi connectivity index (χ2v) is 6.05. The fourth-order valence-corrected chi connectivity index (χ4v) is 2.09. The van der Waals surface area contributed by atoms with Gasteiger partial charge < -0.3 is 0 Å². The highest BCUT2D eigenvalue weighted by Crippen LogP contribution is 2.23. The molecule has 0 radical (unpaired) electrons. The van der Waals surface area contributed by atoms with Crippen LogP contribution in [0.15, 0.2) is 76.9 Å². The van der Waals surface area contributed by atoms with Crippen molar-refractivity contribution in [2.75, 3.05) is 7.05 Å². The first-order valence-corrected chi connectivity index (χ1v) is 8.39. The molecule has 3 heteroatoms. The number of nitrogens with zero attached hydrogens (tertiary/aromatic N) is 2. The van der Waals surface area contributed by atoms with Crippen LogP contribution in [0.1, 0.15) is 45.2 Å². The first kappa shape index (κ1) is 20.4. The molecule has 1 aliphatic rings. The van der Waals surface area contributed by atoms with E-state index in [9.17, 15) is 0 Å². The van der Waals surface area contributed by atoms with E-state index in [0.717, 1.165) is 34.7 Å². The van der Waals surface area contributed by atoms with Crippen molar-refractivity contribution in [1.82, 2.24) is 5.43 Å². The molecular formula is C22H29N3. The summed E-state index contributed by atoms with van der Waals surface area (Å²) < 4.78 is 0. The van der Waals surface area contributed by atoms with Gasteiger partial charge in [0.1, 0.15) is 0 Å². The molecule has 0 atom stereocenters. The van der Waals surface area contributed by atoms with E-state index in [4.69, 9.17) is 0 Å². The molecule has 0 unspecified atom stereocenters. The monoisotopic (exact) mass is 335 g/mol. The summed E-state index contributed by atoms with van der Waals surface area (Å²) in [7, 11) is 1.78. The molecule has 1 N–H and O–H groups in total. The van der Waals surface area contributed by atoms with Crippen LogP contribution in [0.25, 0.3) is 5.70 Å². The number of fused-ring (bicyclic) bond motifs is 1. The van der Waals surface area contributed by atoms with Crippen LogP contribution >= 0.6 is 0 Å². The van der Waals surface area contributed by atoms with E-state index in [1.807, 2.05) is 38.1 Å². The minimum Gasteiger partial charge on any atom is -0.293 e. The average Bonchev–Trinajstić information content (AvgIpc) is 2.62. The molecule has 132 valence electrons. The lowest BCUT2D eigenvalue weighted by molar-refractivity contribution is 0.963. The van der Waals surface area contributed by atoms with Gasteiger partial charge in [-0.1, -0.05) is 60.7 Å². The predicted octanol–water partition coefficient (Wildman–Crippen LogP) is 5.53. The number of rotatable bonds is 4. The number of nitrogens with one attached hydrogen (secondary N) is 1. The first-order valence-electron chi connectivity index (χ1n) is 8.39. The maximum Gasteiger partial charge on any atom is 0.0726 e. The zero-order chi connectivity index (χ0) is 18.8. The number of hydrazone groups is 1. The van der Waals surface area contributed by atoms with Gasteiger partial charge in [-0.25, -0.2) is 0 Å². The van der Waals surface area contributed by atoms with Gasteiger partial charge in [-0.2, -0.15) is 5.10 Å². The molecule has 0 fully saturated rings. The van der Waals surface area contributed by atoms with Crippen LogP contribution in [0.4, 0.5) is 0 Å². The normalized spacial score (nSPS) is 14.3. The van der Waals surface area contributed by atoms with E-state index in [2.05, 4.69) is 60.7 Å².